The second-order valence-corrected chi connectivity index (χ2v) is 4.71. The monoisotopic (exact) mass is 300 g/mol. The first-order chi connectivity index (χ1) is 10.6. The van der Waals surface area contributed by atoms with Crippen LogP contribution in [0.4, 0.5) is 4.79 Å². The molecule has 0 fully saturated rings. The summed E-state index contributed by atoms with van der Waals surface area (Å²) in [6.07, 6.45) is 2.19. The Morgan fingerprint density at radius 1 is 1.27 bits per heavy atom. The second kappa shape index (κ2) is 7.21. The highest BCUT2D eigenvalue weighted by Crippen LogP contribution is 2.16. The van der Waals surface area contributed by atoms with Crippen molar-refractivity contribution in [1.29, 1.82) is 0 Å². The number of nitrogens with zero attached hydrogens (tertiary/aromatic N) is 1. The van der Waals surface area contributed by atoms with E-state index in [4.69, 9.17) is 4.74 Å². The maximum atomic E-state index is 11.8. The Morgan fingerprint density at radius 2 is 2.00 bits per heavy atom. The van der Waals surface area contributed by atoms with Crippen LogP contribution in [0.25, 0.3) is 0 Å². The Labute approximate surface area is 127 Å². The van der Waals surface area contributed by atoms with Gasteiger partial charge in [0.25, 0.3) is 0 Å². The van der Waals surface area contributed by atoms with Crippen molar-refractivity contribution in [2.24, 2.45) is 0 Å². The summed E-state index contributed by atoms with van der Waals surface area (Å²) in [5.74, 6) is -1.17. The van der Waals surface area contributed by atoms with Crippen LogP contribution in [0.2, 0.25) is 0 Å². The van der Waals surface area contributed by atoms with Crippen LogP contribution in [0, 0.1) is 6.92 Å². The second-order valence-electron chi connectivity index (χ2n) is 4.71. The normalized spacial score (nSPS) is 11.5. The molecule has 0 aliphatic rings. The Bertz CT molecular complexity index is 658. The van der Waals surface area contributed by atoms with Crippen molar-refractivity contribution in [1.82, 2.24) is 10.3 Å². The molecule has 0 saturated carbocycles. The zero-order valence-electron chi connectivity index (χ0n) is 12.0. The van der Waals surface area contributed by atoms with E-state index in [1.807, 2.05) is 30.3 Å². The van der Waals surface area contributed by atoms with Gasteiger partial charge in [-0.2, -0.15) is 0 Å². The van der Waals surface area contributed by atoms with E-state index in [1.165, 1.54) is 6.20 Å². The maximum absolute atomic E-state index is 11.8. The van der Waals surface area contributed by atoms with Crippen LogP contribution < -0.4 is 5.32 Å². The van der Waals surface area contributed by atoms with Gasteiger partial charge in [-0.15, -0.1) is 0 Å². The zero-order chi connectivity index (χ0) is 15.9. The molecular weight excluding hydrogens is 284 g/mol. The van der Waals surface area contributed by atoms with Crippen molar-refractivity contribution in [3.63, 3.8) is 0 Å². The summed E-state index contributed by atoms with van der Waals surface area (Å²) >= 11 is 0. The van der Waals surface area contributed by atoms with E-state index in [-0.39, 0.29) is 6.61 Å². The van der Waals surface area contributed by atoms with Gasteiger partial charge in [0.15, 0.2) is 6.04 Å². The lowest BCUT2D eigenvalue weighted by Gasteiger charge is -2.16. The van der Waals surface area contributed by atoms with E-state index < -0.39 is 18.1 Å². The van der Waals surface area contributed by atoms with E-state index in [1.54, 1.807) is 19.2 Å². The number of aliphatic carboxylic acids is 1. The van der Waals surface area contributed by atoms with E-state index in [9.17, 15) is 14.7 Å². The molecule has 0 saturated heterocycles. The molecule has 2 aromatic rings. The van der Waals surface area contributed by atoms with Gasteiger partial charge in [0.05, 0.1) is 0 Å². The fourth-order valence-electron chi connectivity index (χ4n) is 1.93. The molecule has 2 N–H and O–H groups in total. The number of carboxylic acids is 1. The van der Waals surface area contributed by atoms with Gasteiger partial charge in [0.2, 0.25) is 0 Å². The third-order valence-electron chi connectivity index (χ3n) is 3.11. The molecular formula is C16H16N2O4. The molecule has 6 nitrogen and oxygen atoms in total. The van der Waals surface area contributed by atoms with Crippen LogP contribution in [0.15, 0.2) is 48.8 Å². The molecule has 6 heteroatoms. The lowest BCUT2D eigenvalue weighted by atomic mass is 10.0. The van der Waals surface area contributed by atoms with Gasteiger partial charge in [-0.05, 0) is 24.1 Å². The molecule has 0 aliphatic carbocycles. The summed E-state index contributed by atoms with van der Waals surface area (Å²) in [7, 11) is 0. The molecule has 0 aliphatic heterocycles. The minimum absolute atomic E-state index is 0.0744. The Hall–Kier alpha value is -2.89. The standard InChI is InChI=1S/C16H16N2O4/c1-11-7-8-17-9-13(11)14(15(19)20)18-16(21)22-10-12-5-3-2-4-6-12/h2-9,14H,10H2,1H3,(H,18,21)(H,19,20). The average Bonchev–Trinajstić information content (AvgIpc) is 2.52. The molecule has 1 amide bonds. The average molecular weight is 300 g/mol. The predicted octanol–water partition coefficient (Wildman–Crippen LogP) is 2.44. The highest BCUT2D eigenvalue weighted by molar-refractivity contribution is 5.81. The molecule has 0 spiro atoms. The third kappa shape index (κ3) is 4.05. The van der Waals surface area contributed by atoms with Crippen LogP contribution in [0.3, 0.4) is 0 Å². The van der Waals surface area contributed by atoms with Crippen LogP contribution >= 0.6 is 0 Å². The first-order valence-corrected chi connectivity index (χ1v) is 6.68. The van der Waals surface area contributed by atoms with E-state index in [2.05, 4.69) is 10.3 Å². The van der Waals surface area contributed by atoms with E-state index in [0.29, 0.717) is 5.56 Å². The van der Waals surface area contributed by atoms with Gasteiger partial charge in [-0.25, -0.2) is 9.59 Å². The molecule has 1 atom stereocenters. The molecule has 114 valence electrons. The van der Waals surface area contributed by atoms with Crippen molar-refractivity contribution in [2.75, 3.05) is 0 Å². The number of pyridine rings is 1. The molecule has 0 radical (unpaired) electrons. The Morgan fingerprint density at radius 3 is 2.64 bits per heavy atom. The fraction of sp³-hybridized carbons (Fsp3) is 0.188. The first-order valence-electron chi connectivity index (χ1n) is 6.68. The highest BCUT2D eigenvalue weighted by atomic mass is 16.5. The Balaban J connectivity index is 2.01. The topological polar surface area (TPSA) is 88.5 Å². The van der Waals surface area contributed by atoms with Crippen molar-refractivity contribution >= 4 is 12.1 Å². The smallest absolute Gasteiger partial charge is 0.408 e. The maximum Gasteiger partial charge on any atom is 0.408 e. The first kappa shape index (κ1) is 15.5. The lowest BCUT2D eigenvalue weighted by Crippen LogP contribution is -2.34. The van der Waals surface area contributed by atoms with Gasteiger partial charge >= 0.3 is 12.1 Å². The minimum Gasteiger partial charge on any atom is -0.479 e. The minimum atomic E-state index is -1.20. The molecule has 0 bridgehead atoms. The number of aryl methyl sites for hydroxylation is 1. The lowest BCUT2D eigenvalue weighted by molar-refractivity contribution is -0.139. The van der Waals surface area contributed by atoms with Crippen molar-refractivity contribution < 1.29 is 19.4 Å². The van der Waals surface area contributed by atoms with Crippen molar-refractivity contribution in [3.8, 4) is 0 Å². The van der Waals surface area contributed by atoms with Gasteiger partial charge in [0.1, 0.15) is 6.61 Å². The number of alkyl carbamates (subject to hydrolysis) is 1. The zero-order valence-corrected chi connectivity index (χ0v) is 12.0. The van der Waals surface area contributed by atoms with Crippen molar-refractivity contribution in [3.05, 3.63) is 65.5 Å². The number of nitrogens with one attached hydrogen (secondary N) is 1. The van der Waals surface area contributed by atoms with Crippen LogP contribution in [-0.2, 0) is 16.1 Å². The summed E-state index contributed by atoms with van der Waals surface area (Å²) in [6.45, 7) is 1.83. The molecule has 1 heterocycles. The molecule has 2 rings (SSSR count). The molecule has 1 aromatic heterocycles. The Kier molecular flexibility index (Phi) is 5.08. The quantitative estimate of drug-likeness (QED) is 0.885. The summed E-state index contributed by atoms with van der Waals surface area (Å²) in [6, 6.07) is 9.63. The SMILES string of the molecule is Cc1ccncc1C(NC(=O)OCc1ccccc1)C(=O)O. The summed E-state index contributed by atoms with van der Waals surface area (Å²) in [4.78, 5) is 27.1. The number of ether oxygens (including phenoxy) is 1. The van der Waals surface area contributed by atoms with Crippen molar-refractivity contribution in [2.45, 2.75) is 19.6 Å². The van der Waals surface area contributed by atoms with Crippen LogP contribution in [0.5, 0.6) is 0 Å². The third-order valence-corrected chi connectivity index (χ3v) is 3.11. The van der Waals surface area contributed by atoms with Gasteiger partial charge < -0.3 is 15.2 Å². The van der Waals surface area contributed by atoms with Gasteiger partial charge in [0, 0.05) is 18.0 Å². The van der Waals surface area contributed by atoms with Crippen LogP contribution in [-0.4, -0.2) is 22.2 Å². The molecule has 1 unspecified atom stereocenters. The van der Waals surface area contributed by atoms with Gasteiger partial charge in [-0.3, -0.25) is 4.98 Å². The number of carbonyl (C=O) groups is 2. The summed E-state index contributed by atoms with van der Waals surface area (Å²) in [5.41, 5.74) is 1.97. The summed E-state index contributed by atoms with van der Waals surface area (Å²) < 4.78 is 5.04. The number of aromatic nitrogens is 1. The predicted molar refractivity (Wildman–Crippen MR) is 79.1 cm³/mol. The largest absolute Gasteiger partial charge is 0.479 e. The number of carboxylic acid groups (broad SMARTS) is 1. The number of benzene rings is 1. The van der Waals surface area contributed by atoms with E-state index in [0.717, 1.165) is 11.1 Å². The fourth-order valence-corrected chi connectivity index (χ4v) is 1.93. The van der Waals surface area contributed by atoms with E-state index >= 15 is 0 Å². The number of carbonyl (C=O) groups excluding carboxylic acids is 1. The number of hydrogen-bond acceptors (Lipinski definition) is 4. The van der Waals surface area contributed by atoms with Gasteiger partial charge in [-0.1, -0.05) is 30.3 Å². The number of rotatable bonds is 5. The molecule has 22 heavy (non-hydrogen) atoms. The highest BCUT2D eigenvalue weighted by Gasteiger charge is 2.24. The molecule has 1 aromatic carbocycles. The number of hydrogen-bond donors (Lipinski definition) is 2. The summed E-state index contributed by atoms with van der Waals surface area (Å²) in [5, 5.41) is 11.6. The van der Waals surface area contributed by atoms with Crippen LogP contribution in [0.1, 0.15) is 22.7 Å². The number of amides is 1.